The van der Waals surface area contributed by atoms with Crippen molar-refractivity contribution < 1.29 is 19.4 Å². The molecule has 0 aromatic carbocycles. The van der Waals surface area contributed by atoms with Gasteiger partial charge in [0.1, 0.15) is 11.1 Å². The quantitative estimate of drug-likeness (QED) is 0.775. The molecule has 1 fully saturated rings. The van der Waals surface area contributed by atoms with Crippen LogP contribution in [0.3, 0.4) is 0 Å². The first-order chi connectivity index (χ1) is 7.77. The predicted octanol–water partition coefficient (Wildman–Crippen LogP) is 2.15. The second kappa shape index (κ2) is 4.55. The van der Waals surface area contributed by atoms with Gasteiger partial charge in [0.2, 0.25) is 0 Å². The van der Waals surface area contributed by atoms with Crippen LogP contribution in [0.25, 0.3) is 0 Å². The maximum Gasteiger partial charge on any atom is 0.408 e. The lowest BCUT2D eigenvalue weighted by Gasteiger charge is -2.25. The molecule has 98 valence electrons. The standard InChI is InChI=1S/C12H21NO4/c1-5-8-7-12(8,9(14)15)13-10(16)17-11(3,4)6-2/h8H,5-7H2,1-4H3,(H,13,16)(H,14,15)/t8-,12-/m0/s1. The molecular weight excluding hydrogens is 222 g/mol. The number of amides is 1. The number of ether oxygens (including phenoxy) is 1. The molecule has 0 radical (unpaired) electrons. The van der Waals surface area contributed by atoms with E-state index in [9.17, 15) is 9.59 Å². The summed E-state index contributed by atoms with van der Waals surface area (Å²) in [6.07, 6.45) is 1.26. The molecule has 1 amide bonds. The number of hydrogen-bond donors (Lipinski definition) is 2. The van der Waals surface area contributed by atoms with Gasteiger partial charge in [0, 0.05) is 0 Å². The SMILES string of the molecule is CC[C@H]1C[C@@]1(NC(=O)OC(C)(C)CC)C(=O)O. The van der Waals surface area contributed by atoms with Crippen LogP contribution in [0.5, 0.6) is 0 Å². The van der Waals surface area contributed by atoms with E-state index in [2.05, 4.69) is 5.32 Å². The van der Waals surface area contributed by atoms with E-state index in [1.807, 2.05) is 13.8 Å². The summed E-state index contributed by atoms with van der Waals surface area (Å²) in [5.41, 5.74) is -1.67. The second-order valence-electron chi connectivity index (χ2n) is 5.21. The van der Waals surface area contributed by atoms with Crippen LogP contribution in [0.1, 0.15) is 47.0 Å². The molecule has 1 aliphatic carbocycles. The number of carboxylic acids is 1. The minimum absolute atomic E-state index is 0.0114. The molecular formula is C12H21NO4. The highest BCUT2D eigenvalue weighted by atomic mass is 16.6. The van der Waals surface area contributed by atoms with Crippen LogP contribution in [0.4, 0.5) is 4.79 Å². The van der Waals surface area contributed by atoms with E-state index in [1.165, 1.54) is 0 Å². The Hall–Kier alpha value is -1.26. The Morgan fingerprint density at radius 2 is 2.06 bits per heavy atom. The summed E-state index contributed by atoms with van der Waals surface area (Å²) in [5.74, 6) is -0.965. The van der Waals surface area contributed by atoms with Crippen LogP contribution < -0.4 is 5.32 Å². The first-order valence-corrected chi connectivity index (χ1v) is 6.02. The van der Waals surface area contributed by atoms with Gasteiger partial charge in [-0.25, -0.2) is 9.59 Å². The minimum atomic E-state index is -1.10. The molecule has 0 spiro atoms. The maximum atomic E-state index is 11.6. The molecule has 1 rings (SSSR count). The fourth-order valence-electron chi connectivity index (χ4n) is 1.82. The lowest BCUT2D eigenvalue weighted by Crippen LogP contribution is -2.47. The molecule has 0 aromatic heterocycles. The zero-order valence-electron chi connectivity index (χ0n) is 10.9. The molecule has 1 saturated carbocycles. The van der Waals surface area contributed by atoms with E-state index in [1.54, 1.807) is 13.8 Å². The number of hydrogen-bond acceptors (Lipinski definition) is 3. The van der Waals surface area contributed by atoms with Crippen molar-refractivity contribution in [2.24, 2.45) is 5.92 Å². The van der Waals surface area contributed by atoms with E-state index >= 15 is 0 Å². The van der Waals surface area contributed by atoms with Gasteiger partial charge in [-0.2, -0.15) is 0 Å². The van der Waals surface area contributed by atoms with Gasteiger partial charge in [-0.1, -0.05) is 20.3 Å². The number of nitrogens with one attached hydrogen (secondary N) is 1. The maximum absolute atomic E-state index is 11.6. The number of rotatable bonds is 5. The average Bonchev–Trinajstić information content (AvgIpc) is 2.92. The first-order valence-electron chi connectivity index (χ1n) is 6.02. The largest absolute Gasteiger partial charge is 0.479 e. The van der Waals surface area contributed by atoms with Crippen LogP contribution in [0.2, 0.25) is 0 Å². The van der Waals surface area contributed by atoms with E-state index in [0.29, 0.717) is 12.8 Å². The van der Waals surface area contributed by atoms with Crippen LogP contribution in [0.15, 0.2) is 0 Å². The number of carbonyl (C=O) groups is 2. The molecule has 5 heteroatoms. The Bertz CT molecular complexity index is 326. The second-order valence-corrected chi connectivity index (χ2v) is 5.21. The Kier molecular flexibility index (Phi) is 3.69. The summed E-state index contributed by atoms with van der Waals surface area (Å²) in [6, 6.07) is 0. The Labute approximate surface area is 102 Å². The smallest absolute Gasteiger partial charge is 0.408 e. The average molecular weight is 243 g/mol. The third kappa shape index (κ3) is 2.90. The summed E-state index contributed by atoms with van der Waals surface area (Å²) < 4.78 is 5.19. The fourth-order valence-corrected chi connectivity index (χ4v) is 1.82. The molecule has 0 saturated heterocycles. The van der Waals surface area contributed by atoms with Gasteiger partial charge in [-0.05, 0) is 32.6 Å². The van der Waals surface area contributed by atoms with Crippen LogP contribution in [-0.4, -0.2) is 28.3 Å². The third-order valence-electron chi connectivity index (χ3n) is 3.53. The Balaban J connectivity index is 2.59. The molecule has 2 atom stereocenters. The zero-order valence-corrected chi connectivity index (χ0v) is 10.9. The summed E-state index contributed by atoms with van der Waals surface area (Å²) >= 11 is 0. The van der Waals surface area contributed by atoms with Gasteiger partial charge in [0.05, 0.1) is 0 Å². The lowest BCUT2D eigenvalue weighted by atomic mass is 10.1. The van der Waals surface area contributed by atoms with Crippen molar-refractivity contribution in [2.75, 3.05) is 0 Å². The molecule has 1 aliphatic rings. The highest BCUT2D eigenvalue weighted by Gasteiger charge is 2.61. The van der Waals surface area contributed by atoms with Gasteiger partial charge in [-0.15, -0.1) is 0 Å². The van der Waals surface area contributed by atoms with Crippen molar-refractivity contribution in [3.05, 3.63) is 0 Å². The molecule has 0 bridgehead atoms. The molecule has 0 unspecified atom stereocenters. The minimum Gasteiger partial charge on any atom is -0.479 e. The molecule has 17 heavy (non-hydrogen) atoms. The third-order valence-corrected chi connectivity index (χ3v) is 3.53. The number of alkyl carbamates (subject to hydrolysis) is 1. The van der Waals surface area contributed by atoms with Crippen molar-refractivity contribution >= 4 is 12.1 Å². The monoisotopic (exact) mass is 243 g/mol. The molecule has 0 aliphatic heterocycles. The van der Waals surface area contributed by atoms with Crippen LogP contribution in [0, 0.1) is 5.92 Å². The van der Waals surface area contributed by atoms with Gasteiger partial charge in [0.15, 0.2) is 0 Å². The highest BCUT2D eigenvalue weighted by Crippen LogP contribution is 2.46. The normalized spacial score (nSPS) is 27.4. The topological polar surface area (TPSA) is 75.6 Å². The number of aliphatic carboxylic acids is 1. The molecule has 2 N–H and O–H groups in total. The van der Waals surface area contributed by atoms with Crippen molar-refractivity contribution in [3.63, 3.8) is 0 Å². The molecule has 5 nitrogen and oxygen atoms in total. The fraction of sp³-hybridized carbons (Fsp3) is 0.833. The van der Waals surface area contributed by atoms with Crippen LogP contribution >= 0.6 is 0 Å². The molecule has 0 heterocycles. The predicted molar refractivity (Wildman–Crippen MR) is 62.8 cm³/mol. The van der Waals surface area contributed by atoms with E-state index in [0.717, 1.165) is 6.42 Å². The van der Waals surface area contributed by atoms with Gasteiger partial charge >= 0.3 is 12.1 Å². The van der Waals surface area contributed by atoms with Crippen LogP contribution in [-0.2, 0) is 9.53 Å². The van der Waals surface area contributed by atoms with Gasteiger partial charge in [0.25, 0.3) is 0 Å². The summed E-state index contributed by atoms with van der Waals surface area (Å²) in [7, 11) is 0. The van der Waals surface area contributed by atoms with Crippen molar-refractivity contribution in [3.8, 4) is 0 Å². The summed E-state index contributed by atoms with van der Waals surface area (Å²) in [4.78, 5) is 22.8. The highest BCUT2D eigenvalue weighted by molar-refractivity contribution is 5.88. The van der Waals surface area contributed by atoms with Gasteiger partial charge in [-0.3, -0.25) is 0 Å². The van der Waals surface area contributed by atoms with Gasteiger partial charge < -0.3 is 15.2 Å². The van der Waals surface area contributed by atoms with Crippen molar-refractivity contribution in [1.29, 1.82) is 0 Å². The van der Waals surface area contributed by atoms with E-state index in [-0.39, 0.29) is 5.92 Å². The Morgan fingerprint density at radius 3 is 2.41 bits per heavy atom. The van der Waals surface area contributed by atoms with Crippen molar-refractivity contribution in [2.45, 2.75) is 58.1 Å². The Morgan fingerprint density at radius 1 is 1.47 bits per heavy atom. The van der Waals surface area contributed by atoms with E-state index < -0.39 is 23.2 Å². The van der Waals surface area contributed by atoms with Crippen molar-refractivity contribution in [1.82, 2.24) is 5.32 Å². The zero-order chi connectivity index (χ0) is 13.3. The number of carbonyl (C=O) groups excluding carboxylic acids is 1. The van der Waals surface area contributed by atoms with E-state index in [4.69, 9.17) is 9.84 Å². The summed E-state index contributed by atoms with van der Waals surface area (Å²) in [5, 5.41) is 11.6. The lowest BCUT2D eigenvalue weighted by molar-refractivity contribution is -0.141. The number of carboxylic acid groups (broad SMARTS) is 1. The summed E-state index contributed by atoms with van der Waals surface area (Å²) in [6.45, 7) is 7.42. The molecule has 0 aromatic rings. The first kappa shape index (κ1) is 13.8.